The van der Waals surface area contributed by atoms with E-state index in [0.29, 0.717) is 32.7 Å². The van der Waals surface area contributed by atoms with Crippen LogP contribution in [0.5, 0.6) is 0 Å². The van der Waals surface area contributed by atoms with Gasteiger partial charge in [0.2, 0.25) is 5.91 Å². The van der Waals surface area contributed by atoms with Gasteiger partial charge in [-0.15, -0.1) is 10.2 Å². The van der Waals surface area contributed by atoms with Gasteiger partial charge in [0.15, 0.2) is 5.82 Å². The largest absolute Gasteiger partial charge is 0.352 e. The Kier molecular flexibility index (Phi) is 8.25. The second kappa shape index (κ2) is 11.7. The van der Waals surface area contributed by atoms with Crippen molar-refractivity contribution in [1.29, 1.82) is 0 Å². The zero-order chi connectivity index (χ0) is 25.5. The third kappa shape index (κ3) is 6.05. The molecule has 0 atom stereocenters. The third-order valence-corrected chi connectivity index (χ3v) is 6.45. The fourth-order valence-corrected chi connectivity index (χ4v) is 4.23. The van der Waals surface area contributed by atoms with Crippen molar-refractivity contribution < 1.29 is 14.0 Å². The van der Waals surface area contributed by atoms with Gasteiger partial charge in [-0.2, -0.15) is 0 Å². The lowest BCUT2D eigenvalue weighted by atomic mass is 10.1. The monoisotopic (exact) mass is 489 g/mol. The number of rotatable bonds is 8. The van der Waals surface area contributed by atoms with Gasteiger partial charge < -0.3 is 14.7 Å². The molecule has 1 aliphatic rings. The van der Waals surface area contributed by atoms with E-state index in [-0.39, 0.29) is 18.0 Å². The molecular formula is C28H32FN5O2. The zero-order valence-corrected chi connectivity index (χ0v) is 20.9. The summed E-state index contributed by atoms with van der Waals surface area (Å²) in [6.07, 6.45) is 1.62. The number of nitrogens with zero attached hydrogens (tertiary/aromatic N) is 5. The number of carbonyl (C=O) groups excluding carboxylic acids is 2. The Bertz CT molecular complexity index is 1180. The number of carbonyl (C=O) groups is 2. The second-order valence-corrected chi connectivity index (χ2v) is 9.07. The normalized spacial score (nSPS) is 13.5. The van der Waals surface area contributed by atoms with Gasteiger partial charge in [-0.25, -0.2) is 4.39 Å². The van der Waals surface area contributed by atoms with E-state index in [1.165, 1.54) is 22.6 Å². The maximum atomic E-state index is 14.2. The van der Waals surface area contributed by atoms with E-state index < -0.39 is 11.7 Å². The first kappa shape index (κ1) is 25.3. The Labute approximate surface area is 211 Å². The van der Waals surface area contributed by atoms with Gasteiger partial charge >= 0.3 is 0 Å². The van der Waals surface area contributed by atoms with E-state index in [1.54, 1.807) is 17.0 Å². The zero-order valence-electron chi connectivity index (χ0n) is 20.9. The van der Waals surface area contributed by atoms with Crippen LogP contribution in [0.4, 0.5) is 10.2 Å². The number of unbranched alkanes of at least 4 members (excludes halogenated alkanes) is 1. The molecule has 7 nitrogen and oxygen atoms in total. The molecule has 8 heteroatoms. The molecule has 0 aliphatic carbocycles. The maximum absolute atomic E-state index is 14.2. The average molecular weight is 490 g/mol. The molecule has 1 saturated heterocycles. The van der Waals surface area contributed by atoms with Crippen LogP contribution in [0.1, 0.15) is 35.7 Å². The summed E-state index contributed by atoms with van der Waals surface area (Å²) in [7, 11) is 0. The minimum Gasteiger partial charge on any atom is -0.352 e. The van der Waals surface area contributed by atoms with Crippen molar-refractivity contribution >= 4 is 17.6 Å². The molecule has 2 aromatic carbocycles. The van der Waals surface area contributed by atoms with Gasteiger partial charge in [-0.3, -0.25) is 9.59 Å². The van der Waals surface area contributed by atoms with Crippen molar-refractivity contribution in [3.05, 3.63) is 77.6 Å². The summed E-state index contributed by atoms with van der Waals surface area (Å²) in [4.78, 5) is 31.4. The molecule has 36 heavy (non-hydrogen) atoms. The van der Waals surface area contributed by atoms with Crippen molar-refractivity contribution in [3.63, 3.8) is 0 Å². The Balaban J connectivity index is 1.35. The molecule has 0 unspecified atom stereocenters. The van der Waals surface area contributed by atoms with Gasteiger partial charge in [0.05, 0.1) is 11.3 Å². The highest BCUT2D eigenvalue weighted by atomic mass is 19.1. The smallest absolute Gasteiger partial charge is 0.257 e. The van der Waals surface area contributed by atoms with Crippen LogP contribution in [-0.4, -0.2) is 71.1 Å². The molecule has 188 valence electrons. The summed E-state index contributed by atoms with van der Waals surface area (Å²) in [6.45, 7) is 6.72. The number of benzene rings is 2. The molecule has 0 bridgehead atoms. The Hall–Kier alpha value is -3.81. The quantitative estimate of drug-likeness (QED) is 0.475. The van der Waals surface area contributed by atoms with Crippen LogP contribution in [0, 0.1) is 12.7 Å². The minimum absolute atomic E-state index is 0.00104. The fraction of sp³-hybridized carbons (Fsp3) is 0.357. The third-order valence-electron chi connectivity index (χ3n) is 6.45. The summed E-state index contributed by atoms with van der Waals surface area (Å²) in [5.74, 6) is -0.370. The summed E-state index contributed by atoms with van der Waals surface area (Å²) in [5.41, 5.74) is 3.03. The Morgan fingerprint density at radius 2 is 1.67 bits per heavy atom. The molecule has 1 aromatic heterocycles. The number of hydrogen-bond donors (Lipinski definition) is 0. The molecule has 0 spiro atoms. The number of aromatic nitrogens is 2. The van der Waals surface area contributed by atoms with Crippen LogP contribution >= 0.6 is 0 Å². The number of hydrogen-bond acceptors (Lipinski definition) is 5. The van der Waals surface area contributed by atoms with Gasteiger partial charge in [-0.1, -0.05) is 55.3 Å². The van der Waals surface area contributed by atoms with Gasteiger partial charge in [-0.05, 0) is 37.6 Å². The Morgan fingerprint density at radius 1 is 0.944 bits per heavy atom. The molecule has 2 amide bonds. The number of halogens is 1. The van der Waals surface area contributed by atoms with Crippen LogP contribution in [-0.2, 0) is 4.79 Å². The molecule has 1 fully saturated rings. The highest BCUT2D eigenvalue weighted by Crippen LogP contribution is 2.20. The summed E-state index contributed by atoms with van der Waals surface area (Å²) in [6, 6.07) is 18.0. The molecule has 2 heterocycles. The molecule has 0 N–H and O–H groups in total. The van der Waals surface area contributed by atoms with E-state index in [0.717, 1.165) is 29.9 Å². The highest BCUT2D eigenvalue weighted by molar-refractivity contribution is 5.96. The first-order valence-corrected chi connectivity index (χ1v) is 12.4. The van der Waals surface area contributed by atoms with E-state index in [9.17, 15) is 14.0 Å². The van der Waals surface area contributed by atoms with Crippen LogP contribution in [0.15, 0.2) is 60.7 Å². The van der Waals surface area contributed by atoms with Gasteiger partial charge in [0.25, 0.3) is 5.91 Å². The predicted molar refractivity (Wildman–Crippen MR) is 138 cm³/mol. The van der Waals surface area contributed by atoms with Crippen LogP contribution in [0.3, 0.4) is 0 Å². The van der Waals surface area contributed by atoms with Crippen molar-refractivity contribution in [2.24, 2.45) is 0 Å². The molecular weight excluding hydrogens is 457 g/mol. The van der Waals surface area contributed by atoms with Crippen LogP contribution in [0.2, 0.25) is 0 Å². The van der Waals surface area contributed by atoms with Crippen LogP contribution < -0.4 is 4.90 Å². The van der Waals surface area contributed by atoms with Crippen molar-refractivity contribution in [3.8, 4) is 11.3 Å². The lowest BCUT2D eigenvalue weighted by molar-refractivity contribution is -0.132. The molecule has 0 saturated carbocycles. The lowest BCUT2D eigenvalue weighted by Crippen LogP contribution is -2.52. The van der Waals surface area contributed by atoms with E-state index in [2.05, 4.69) is 27.2 Å². The van der Waals surface area contributed by atoms with E-state index in [1.807, 2.05) is 38.1 Å². The summed E-state index contributed by atoms with van der Waals surface area (Å²) >= 11 is 0. The summed E-state index contributed by atoms with van der Waals surface area (Å²) in [5, 5.41) is 8.79. The topological polar surface area (TPSA) is 69.6 Å². The van der Waals surface area contributed by atoms with Crippen molar-refractivity contribution in [2.45, 2.75) is 26.7 Å². The lowest BCUT2D eigenvalue weighted by Gasteiger charge is -2.36. The van der Waals surface area contributed by atoms with E-state index >= 15 is 0 Å². The minimum atomic E-state index is -0.570. The van der Waals surface area contributed by atoms with Crippen molar-refractivity contribution in [2.75, 3.05) is 44.2 Å². The van der Waals surface area contributed by atoms with Crippen LogP contribution in [0.25, 0.3) is 11.3 Å². The molecule has 0 radical (unpaired) electrons. The molecule has 4 rings (SSSR count). The van der Waals surface area contributed by atoms with Gasteiger partial charge in [0.1, 0.15) is 12.4 Å². The number of aryl methyl sites for hydroxylation is 1. The Morgan fingerprint density at radius 3 is 2.31 bits per heavy atom. The number of amides is 2. The predicted octanol–water partition coefficient (Wildman–Crippen LogP) is 4.18. The first-order chi connectivity index (χ1) is 17.5. The fourth-order valence-electron chi connectivity index (χ4n) is 4.23. The average Bonchev–Trinajstić information content (AvgIpc) is 2.91. The second-order valence-electron chi connectivity index (χ2n) is 9.07. The number of piperazine rings is 1. The highest BCUT2D eigenvalue weighted by Gasteiger charge is 2.26. The summed E-state index contributed by atoms with van der Waals surface area (Å²) < 4.78 is 14.2. The SMILES string of the molecule is CCCCN(CC(=O)N1CCN(c2ccc(-c3ccc(C)cc3)nn2)CC1)C(=O)c1ccccc1F. The molecule has 1 aliphatic heterocycles. The van der Waals surface area contributed by atoms with Crippen molar-refractivity contribution in [1.82, 2.24) is 20.0 Å². The maximum Gasteiger partial charge on any atom is 0.257 e. The van der Waals surface area contributed by atoms with E-state index in [4.69, 9.17) is 0 Å². The standard InChI is InChI=1S/C28H32FN5O2/c1-3-4-15-34(28(36)23-7-5-6-8-24(23)29)20-27(35)33-18-16-32(17-19-33)26-14-13-25(30-31-26)22-11-9-21(2)10-12-22/h5-14H,3-4,15-20H2,1-2H3. The van der Waals surface area contributed by atoms with Gasteiger partial charge in [0, 0.05) is 38.3 Å². The first-order valence-electron chi connectivity index (χ1n) is 12.4. The number of anilines is 1. The molecule has 3 aromatic rings.